The molecule has 5 heteroatoms. The lowest BCUT2D eigenvalue weighted by atomic mass is 10.2. The van der Waals surface area contributed by atoms with E-state index in [0.717, 1.165) is 9.88 Å². The molecule has 0 fully saturated rings. The number of thiazole rings is 1. The summed E-state index contributed by atoms with van der Waals surface area (Å²) in [6, 6.07) is 4.75. The Morgan fingerprint density at radius 2 is 2.24 bits per heavy atom. The Bertz CT molecular complexity index is 524. The van der Waals surface area contributed by atoms with Gasteiger partial charge in [-0.2, -0.15) is 0 Å². The number of benzene rings is 1. The molecular weight excluding hydrogens is 237 g/mol. The summed E-state index contributed by atoms with van der Waals surface area (Å²) >= 11 is 1.62. The van der Waals surface area contributed by atoms with Crippen LogP contribution in [0.4, 0.5) is 15.8 Å². The van der Waals surface area contributed by atoms with Crippen LogP contribution in [0, 0.1) is 12.7 Å². The molecule has 90 valence electrons. The second-order valence-electron chi connectivity index (χ2n) is 3.88. The van der Waals surface area contributed by atoms with Crippen LogP contribution in [-0.2, 0) is 0 Å². The smallest absolute Gasteiger partial charge is 0.148 e. The van der Waals surface area contributed by atoms with Gasteiger partial charge in [0.25, 0.3) is 0 Å². The zero-order valence-corrected chi connectivity index (χ0v) is 10.5. The van der Waals surface area contributed by atoms with Gasteiger partial charge in [-0.05, 0) is 26.0 Å². The molecule has 0 saturated carbocycles. The number of aryl methyl sites for hydroxylation is 1. The Balaban J connectivity index is 2.18. The molecule has 0 spiro atoms. The molecule has 3 nitrogen and oxygen atoms in total. The number of aromatic nitrogens is 1. The van der Waals surface area contributed by atoms with Crippen LogP contribution < -0.4 is 11.1 Å². The van der Waals surface area contributed by atoms with Crippen molar-refractivity contribution in [3.8, 4) is 0 Å². The molecule has 2 rings (SSSR count). The van der Waals surface area contributed by atoms with E-state index in [2.05, 4.69) is 10.3 Å². The van der Waals surface area contributed by atoms with E-state index in [0.29, 0.717) is 5.69 Å². The monoisotopic (exact) mass is 251 g/mol. The lowest BCUT2D eigenvalue weighted by Crippen LogP contribution is -2.08. The topological polar surface area (TPSA) is 50.9 Å². The SMILES string of the molecule is Cc1cnc(C(C)Nc2cccc(F)c2N)s1. The maximum absolute atomic E-state index is 13.3. The highest BCUT2D eigenvalue weighted by Gasteiger charge is 2.11. The highest BCUT2D eigenvalue weighted by Crippen LogP contribution is 2.27. The number of nitrogens with zero attached hydrogens (tertiary/aromatic N) is 1. The third-order valence-corrected chi connectivity index (χ3v) is 3.53. The van der Waals surface area contributed by atoms with E-state index in [4.69, 9.17) is 5.73 Å². The van der Waals surface area contributed by atoms with Crippen LogP contribution in [0.2, 0.25) is 0 Å². The first-order valence-electron chi connectivity index (χ1n) is 5.31. The van der Waals surface area contributed by atoms with Crippen LogP contribution in [0.1, 0.15) is 22.9 Å². The van der Waals surface area contributed by atoms with Crippen molar-refractivity contribution in [1.29, 1.82) is 0 Å². The van der Waals surface area contributed by atoms with Gasteiger partial charge in [-0.1, -0.05) is 6.07 Å². The minimum atomic E-state index is -0.405. The molecule has 3 N–H and O–H groups in total. The molecule has 0 aliphatic heterocycles. The highest BCUT2D eigenvalue weighted by atomic mass is 32.1. The molecule has 0 saturated heterocycles. The van der Waals surface area contributed by atoms with Crippen molar-refractivity contribution in [2.75, 3.05) is 11.1 Å². The van der Waals surface area contributed by atoms with E-state index >= 15 is 0 Å². The minimum absolute atomic E-state index is 0.0119. The fourth-order valence-electron chi connectivity index (χ4n) is 1.53. The average molecular weight is 251 g/mol. The maximum Gasteiger partial charge on any atom is 0.148 e. The molecule has 1 heterocycles. The molecule has 17 heavy (non-hydrogen) atoms. The number of nitrogens with one attached hydrogen (secondary N) is 1. The molecule has 2 aromatic rings. The summed E-state index contributed by atoms with van der Waals surface area (Å²) in [6.45, 7) is 3.98. The molecule has 0 aliphatic rings. The fraction of sp³-hybridized carbons (Fsp3) is 0.250. The minimum Gasteiger partial charge on any atom is -0.395 e. The predicted molar refractivity (Wildman–Crippen MR) is 69.7 cm³/mol. The van der Waals surface area contributed by atoms with Crippen LogP contribution in [0.25, 0.3) is 0 Å². The van der Waals surface area contributed by atoms with Crippen molar-refractivity contribution in [2.45, 2.75) is 19.9 Å². The maximum atomic E-state index is 13.3. The zero-order valence-electron chi connectivity index (χ0n) is 9.70. The average Bonchev–Trinajstić information content (AvgIpc) is 2.72. The van der Waals surface area contributed by atoms with Crippen molar-refractivity contribution < 1.29 is 4.39 Å². The van der Waals surface area contributed by atoms with Crippen molar-refractivity contribution >= 4 is 22.7 Å². The first-order chi connectivity index (χ1) is 8.08. The quantitative estimate of drug-likeness (QED) is 0.822. The Morgan fingerprint density at radius 3 is 2.88 bits per heavy atom. The Kier molecular flexibility index (Phi) is 3.28. The Hall–Kier alpha value is -1.62. The Labute approximate surface area is 103 Å². The van der Waals surface area contributed by atoms with Gasteiger partial charge in [-0.15, -0.1) is 11.3 Å². The van der Waals surface area contributed by atoms with Gasteiger partial charge in [-0.3, -0.25) is 0 Å². The number of rotatable bonds is 3. The number of para-hydroxylation sites is 1. The largest absolute Gasteiger partial charge is 0.395 e. The third-order valence-electron chi connectivity index (χ3n) is 2.43. The second kappa shape index (κ2) is 4.71. The molecule has 1 aromatic carbocycles. The lowest BCUT2D eigenvalue weighted by Gasteiger charge is -2.14. The number of halogens is 1. The first-order valence-corrected chi connectivity index (χ1v) is 6.12. The predicted octanol–water partition coefficient (Wildman–Crippen LogP) is 3.35. The normalized spacial score (nSPS) is 12.4. The van der Waals surface area contributed by atoms with Crippen molar-refractivity contribution in [2.24, 2.45) is 0 Å². The summed E-state index contributed by atoms with van der Waals surface area (Å²) in [6.07, 6.45) is 1.83. The molecule has 1 atom stereocenters. The zero-order chi connectivity index (χ0) is 12.4. The summed E-state index contributed by atoms with van der Waals surface area (Å²) in [7, 11) is 0. The van der Waals surface area contributed by atoms with Crippen LogP contribution in [0.3, 0.4) is 0 Å². The Morgan fingerprint density at radius 1 is 1.47 bits per heavy atom. The van der Waals surface area contributed by atoms with Crippen LogP contribution >= 0.6 is 11.3 Å². The van der Waals surface area contributed by atoms with Crippen molar-refractivity contribution in [3.63, 3.8) is 0 Å². The van der Waals surface area contributed by atoms with Gasteiger partial charge < -0.3 is 11.1 Å². The van der Waals surface area contributed by atoms with Gasteiger partial charge in [0.2, 0.25) is 0 Å². The van der Waals surface area contributed by atoms with Crippen LogP contribution in [-0.4, -0.2) is 4.98 Å². The van der Waals surface area contributed by atoms with Crippen molar-refractivity contribution in [1.82, 2.24) is 4.98 Å². The molecule has 0 bridgehead atoms. The second-order valence-corrected chi connectivity index (χ2v) is 5.14. The van der Waals surface area contributed by atoms with E-state index in [1.165, 1.54) is 6.07 Å². The first kappa shape index (κ1) is 11.9. The number of anilines is 2. The van der Waals surface area contributed by atoms with E-state index in [1.54, 1.807) is 23.5 Å². The third kappa shape index (κ3) is 2.55. The van der Waals surface area contributed by atoms with Crippen molar-refractivity contribution in [3.05, 3.63) is 40.1 Å². The summed E-state index contributed by atoms with van der Waals surface area (Å²) in [5.74, 6) is -0.405. The van der Waals surface area contributed by atoms with Gasteiger partial charge in [0.05, 0.1) is 17.4 Å². The summed E-state index contributed by atoms with van der Waals surface area (Å²) in [5.41, 5.74) is 6.41. The van der Waals surface area contributed by atoms with E-state index in [1.807, 2.05) is 20.0 Å². The number of nitrogen functional groups attached to an aromatic ring is 1. The van der Waals surface area contributed by atoms with Gasteiger partial charge in [0.1, 0.15) is 10.8 Å². The molecule has 0 radical (unpaired) electrons. The molecule has 0 amide bonds. The van der Waals surface area contributed by atoms with Gasteiger partial charge in [0.15, 0.2) is 0 Å². The number of hydrogen-bond acceptors (Lipinski definition) is 4. The molecular formula is C12H14FN3S. The molecule has 0 aliphatic carbocycles. The molecule has 1 unspecified atom stereocenters. The van der Waals surface area contributed by atoms with E-state index in [-0.39, 0.29) is 11.7 Å². The van der Waals surface area contributed by atoms with Crippen LogP contribution in [0.15, 0.2) is 24.4 Å². The number of nitrogens with two attached hydrogens (primary N) is 1. The summed E-state index contributed by atoms with van der Waals surface area (Å²) in [5, 5.41) is 4.13. The summed E-state index contributed by atoms with van der Waals surface area (Å²) in [4.78, 5) is 5.44. The lowest BCUT2D eigenvalue weighted by molar-refractivity contribution is 0.632. The van der Waals surface area contributed by atoms with E-state index in [9.17, 15) is 4.39 Å². The standard InChI is InChI=1S/C12H14FN3S/c1-7-6-15-12(17-7)8(2)16-10-5-3-4-9(13)11(10)14/h3-6,8,16H,14H2,1-2H3. The fourth-order valence-corrected chi connectivity index (χ4v) is 2.31. The van der Waals surface area contributed by atoms with Gasteiger partial charge in [0, 0.05) is 11.1 Å². The van der Waals surface area contributed by atoms with E-state index < -0.39 is 5.82 Å². The van der Waals surface area contributed by atoms with Gasteiger partial charge in [-0.25, -0.2) is 9.37 Å². The van der Waals surface area contributed by atoms with Crippen LogP contribution in [0.5, 0.6) is 0 Å². The van der Waals surface area contributed by atoms with Gasteiger partial charge >= 0.3 is 0 Å². The summed E-state index contributed by atoms with van der Waals surface area (Å²) < 4.78 is 13.3. The number of hydrogen-bond donors (Lipinski definition) is 2. The molecule has 1 aromatic heterocycles. The highest BCUT2D eigenvalue weighted by molar-refractivity contribution is 7.11.